The fourth-order valence-electron chi connectivity index (χ4n) is 2.97. The number of halogens is 2. The average molecular weight is 485 g/mol. The Hall–Kier alpha value is -1.54. The number of aliphatic hydroxyl groups is 2. The monoisotopic (exact) mass is 484 g/mol. The van der Waals surface area contributed by atoms with Gasteiger partial charge in [0.15, 0.2) is 0 Å². The molecule has 0 heterocycles. The first kappa shape index (κ1) is 26.7. The third kappa shape index (κ3) is 10.4. The van der Waals surface area contributed by atoms with Crippen molar-refractivity contribution in [2.45, 2.75) is 38.9 Å². The summed E-state index contributed by atoms with van der Waals surface area (Å²) in [6.45, 7) is 6.79. The van der Waals surface area contributed by atoms with Crippen molar-refractivity contribution in [3.8, 4) is 11.5 Å². The molecule has 0 aliphatic carbocycles. The summed E-state index contributed by atoms with van der Waals surface area (Å²) in [5.74, 6) is 1.18. The molecule has 2 rings (SSSR count). The standard InChI is InChI=1S/C24H34Cl2N2O4/c1-17-5-7-21(25)23(11-17)31-15-19(29)13-27-9-3-4-10-28-14-20(30)16-32-24-12-18(2)6-8-22(24)26/h5-8,11-12,19-20,27-30H,3-4,9-10,13-16H2,1-2H3. The van der Waals surface area contributed by atoms with Crippen LogP contribution in [-0.4, -0.2) is 61.8 Å². The van der Waals surface area contributed by atoms with Crippen LogP contribution in [0.4, 0.5) is 0 Å². The van der Waals surface area contributed by atoms with Crippen LogP contribution in [0.2, 0.25) is 10.0 Å². The predicted molar refractivity (Wildman–Crippen MR) is 130 cm³/mol. The van der Waals surface area contributed by atoms with Gasteiger partial charge in [-0.1, -0.05) is 35.3 Å². The number of ether oxygens (including phenoxy) is 2. The largest absolute Gasteiger partial charge is 0.489 e. The molecule has 0 saturated carbocycles. The fourth-order valence-corrected chi connectivity index (χ4v) is 3.31. The lowest BCUT2D eigenvalue weighted by Gasteiger charge is -2.15. The number of aliphatic hydroxyl groups excluding tert-OH is 2. The van der Waals surface area contributed by atoms with Gasteiger partial charge in [-0.25, -0.2) is 0 Å². The molecule has 2 aromatic carbocycles. The molecule has 0 bridgehead atoms. The van der Waals surface area contributed by atoms with E-state index in [-0.39, 0.29) is 13.2 Å². The first-order valence-electron chi connectivity index (χ1n) is 10.9. The van der Waals surface area contributed by atoms with Crippen molar-refractivity contribution in [2.24, 2.45) is 0 Å². The molecule has 2 unspecified atom stereocenters. The maximum atomic E-state index is 10.0. The number of rotatable bonds is 15. The van der Waals surface area contributed by atoms with Crippen LogP contribution in [-0.2, 0) is 0 Å². The Balaban J connectivity index is 1.46. The van der Waals surface area contributed by atoms with E-state index < -0.39 is 12.2 Å². The summed E-state index contributed by atoms with van der Waals surface area (Å²) in [6, 6.07) is 11.1. The zero-order valence-electron chi connectivity index (χ0n) is 18.7. The number of nitrogens with one attached hydrogen (secondary N) is 2. The van der Waals surface area contributed by atoms with Crippen molar-refractivity contribution in [3.05, 3.63) is 57.6 Å². The lowest BCUT2D eigenvalue weighted by atomic mass is 10.2. The van der Waals surface area contributed by atoms with Crippen molar-refractivity contribution in [2.75, 3.05) is 39.4 Å². The second-order valence-corrected chi connectivity index (χ2v) is 8.73. The van der Waals surface area contributed by atoms with Gasteiger partial charge in [-0.2, -0.15) is 0 Å². The molecule has 8 heteroatoms. The average Bonchev–Trinajstić information content (AvgIpc) is 2.76. The molecule has 4 N–H and O–H groups in total. The summed E-state index contributed by atoms with van der Waals surface area (Å²) in [5, 5.41) is 27.6. The molecule has 178 valence electrons. The molecule has 0 aliphatic rings. The number of hydrogen-bond acceptors (Lipinski definition) is 6. The van der Waals surface area contributed by atoms with Gasteiger partial charge >= 0.3 is 0 Å². The summed E-state index contributed by atoms with van der Waals surface area (Å²) >= 11 is 12.2. The number of benzene rings is 2. The SMILES string of the molecule is Cc1ccc(Cl)c(OCC(O)CNCCCCNCC(O)COc2cc(C)ccc2Cl)c1. The van der Waals surface area contributed by atoms with Crippen LogP contribution in [0.3, 0.4) is 0 Å². The summed E-state index contributed by atoms with van der Waals surface area (Å²) in [4.78, 5) is 0. The van der Waals surface area contributed by atoms with Crippen molar-refractivity contribution in [3.63, 3.8) is 0 Å². The van der Waals surface area contributed by atoms with Gasteiger partial charge in [0.05, 0.1) is 10.0 Å². The van der Waals surface area contributed by atoms with Crippen LogP contribution < -0.4 is 20.1 Å². The fraction of sp³-hybridized carbons (Fsp3) is 0.500. The highest BCUT2D eigenvalue weighted by molar-refractivity contribution is 6.32. The molecule has 0 saturated heterocycles. The number of aryl methyl sites for hydroxylation is 2. The van der Waals surface area contributed by atoms with Crippen LogP contribution in [0, 0.1) is 13.8 Å². The Morgan fingerprint density at radius 1 is 0.750 bits per heavy atom. The van der Waals surface area contributed by atoms with E-state index in [4.69, 9.17) is 32.7 Å². The summed E-state index contributed by atoms with van der Waals surface area (Å²) in [7, 11) is 0. The molecule has 32 heavy (non-hydrogen) atoms. The first-order chi connectivity index (χ1) is 15.3. The molecule has 0 radical (unpaired) electrons. The van der Waals surface area contributed by atoms with Gasteiger partial charge < -0.3 is 30.3 Å². The van der Waals surface area contributed by atoms with Gasteiger partial charge in [-0.3, -0.25) is 0 Å². The zero-order chi connectivity index (χ0) is 23.3. The molecule has 6 nitrogen and oxygen atoms in total. The van der Waals surface area contributed by atoms with Crippen LogP contribution in [0.5, 0.6) is 11.5 Å². The van der Waals surface area contributed by atoms with Crippen molar-refractivity contribution < 1.29 is 19.7 Å². The molecular weight excluding hydrogens is 451 g/mol. The topological polar surface area (TPSA) is 83.0 Å². The summed E-state index contributed by atoms with van der Waals surface area (Å²) in [5.41, 5.74) is 2.11. The lowest BCUT2D eigenvalue weighted by molar-refractivity contribution is 0.105. The summed E-state index contributed by atoms with van der Waals surface area (Å²) in [6.07, 6.45) is 0.689. The lowest BCUT2D eigenvalue weighted by Crippen LogP contribution is -2.33. The molecule has 0 aromatic heterocycles. The Morgan fingerprint density at radius 3 is 1.56 bits per heavy atom. The molecule has 2 aromatic rings. The van der Waals surface area contributed by atoms with Crippen LogP contribution >= 0.6 is 23.2 Å². The Labute approximate surface area is 200 Å². The molecule has 0 aliphatic heterocycles. The molecule has 0 amide bonds. The van der Waals surface area contributed by atoms with Gasteiger partial charge in [0.25, 0.3) is 0 Å². The Kier molecular flexibility index (Phi) is 12.2. The highest BCUT2D eigenvalue weighted by Crippen LogP contribution is 2.26. The van der Waals surface area contributed by atoms with E-state index >= 15 is 0 Å². The maximum absolute atomic E-state index is 10.0. The van der Waals surface area contributed by atoms with Gasteiger partial charge in [-0.15, -0.1) is 0 Å². The van der Waals surface area contributed by atoms with Crippen LogP contribution in [0.1, 0.15) is 24.0 Å². The van der Waals surface area contributed by atoms with E-state index in [1.54, 1.807) is 12.1 Å². The second kappa shape index (κ2) is 14.6. The quantitative estimate of drug-likeness (QED) is 0.288. The Bertz CT molecular complexity index is 755. The number of unbranched alkanes of at least 4 members (excludes halogenated alkanes) is 1. The normalized spacial score (nSPS) is 13.1. The van der Waals surface area contributed by atoms with E-state index in [0.29, 0.717) is 34.6 Å². The van der Waals surface area contributed by atoms with E-state index in [1.165, 1.54) is 0 Å². The minimum atomic E-state index is -0.609. The highest BCUT2D eigenvalue weighted by Gasteiger charge is 2.09. The van der Waals surface area contributed by atoms with E-state index in [1.807, 2.05) is 38.1 Å². The third-order valence-electron chi connectivity index (χ3n) is 4.75. The summed E-state index contributed by atoms with van der Waals surface area (Å²) < 4.78 is 11.2. The van der Waals surface area contributed by atoms with Crippen molar-refractivity contribution in [1.82, 2.24) is 10.6 Å². The predicted octanol–water partition coefficient (Wildman–Crippen LogP) is 3.75. The van der Waals surface area contributed by atoms with E-state index in [2.05, 4.69) is 10.6 Å². The van der Waals surface area contributed by atoms with E-state index in [0.717, 1.165) is 37.1 Å². The highest BCUT2D eigenvalue weighted by atomic mass is 35.5. The molecule has 2 atom stereocenters. The molecular formula is C24H34Cl2N2O4. The number of hydrogen-bond donors (Lipinski definition) is 4. The van der Waals surface area contributed by atoms with Crippen molar-refractivity contribution >= 4 is 23.2 Å². The Morgan fingerprint density at radius 2 is 1.16 bits per heavy atom. The maximum Gasteiger partial charge on any atom is 0.138 e. The minimum absolute atomic E-state index is 0.186. The molecule has 0 fully saturated rings. The van der Waals surface area contributed by atoms with Gasteiger partial charge in [0, 0.05) is 13.1 Å². The third-order valence-corrected chi connectivity index (χ3v) is 5.38. The van der Waals surface area contributed by atoms with Gasteiger partial charge in [-0.05, 0) is 75.2 Å². The minimum Gasteiger partial charge on any atom is -0.489 e. The zero-order valence-corrected chi connectivity index (χ0v) is 20.3. The smallest absolute Gasteiger partial charge is 0.138 e. The first-order valence-corrected chi connectivity index (χ1v) is 11.7. The van der Waals surface area contributed by atoms with Crippen molar-refractivity contribution in [1.29, 1.82) is 0 Å². The second-order valence-electron chi connectivity index (χ2n) is 7.91. The van der Waals surface area contributed by atoms with Gasteiger partial charge in [0.2, 0.25) is 0 Å². The van der Waals surface area contributed by atoms with Gasteiger partial charge in [0.1, 0.15) is 36.9 Å². The van der Waals surface area contributed by atoms with E-state index in [9.17, 15) is 10.2 Å². The van der Waals surface area contributed by atoms with Crippen LogP contribution in [0.25, 0.3) is 0 Å². The van der Waals surface area contributed by atoms with Crippen LogP contribution in [0.15, 0.2) is 36.4 Å². The molecule has 0 spiro atoms.